The maximum atomic E-state index is 10.7. The summed E-state index contributed by atoms with van der Waals surface area (Å²) < 4.78 is 0. The molecule has 2 aromatic heterocycles. The van der Waals surface area contributed by atoms with Crippen LogP contribution in [0.15, 0.2) is 11.4 Å². The molecule has 2 rings (SSSR count). The van der Waals surface area contributed by atoms with Gasteiger partial charge in [-0.2, -0.15) is 0 Å². The molecule has 2 heterocycles. The Balaban J connectivity index is 2.05. The first kappa shape index (κ1) is 13.4. The summed E-state index contributed by atoms with van der Waals surface area (Å²) in [6.45, 7) is 4.33. The molecular weight excluding hydrogens is 264 g/mol. The average Bonchev–Trinajstić information content (AvgIpc) is 2.84. The van der Waals surface area contributed by atoms with Crippen LogP contribution in [0, 0.1) is 6.92 Å². The van der Waals surface area contributed by atoms with Crippen molar-refractivity contribution >= 4 is 23.1 Å². The zero-order chi connectivity index (χ0) is 13.8. The van der Waals surface area contributed by atoms with Gasteiger partial charge in [0.1, 0.15) is 16.6 Å². The molecular formula is C12H14N4O2S. The Labute approximate surface area is 114 Å². The van der Waals surface area contributed by atoms with Gasteiger partial charge >= 0.3 is 5.97 Å². The molecule has 0 atom stereocenters. The number of carboxylic acid groups (broad SMARTS) is 1. The molecule has 2 N–H and O–H groups in total. The average molecular weight is 278 g/mol. The highest BCUT2D eigenvalue weighted by Crippen LogP contribution is 2.13. The largest absolute Gasteiger partial charge is 0.476 e. The Morgan fingerprint density at radius 3 is 2.84 bits per heavy atom. The van der Waals surface area contributed by atoms with Crippen LogP contribution in [-0.4, -0.2) is 26.0 Å². The van der Waals surface area contributed by atoms with Crippen LogP contribution in [0.4, 0.5) is 5.82 Å². The lowest BCUT2D eigenvalue weighted by Gasteiger charge is -2.06. The number of aromatic carboxylic acids is 1. The van der Waals surface area contributed by atoms with Gasteiger partial charge in [-0.05, 0) is 13.3 Å². The Hall–Kier alpha value is -2.02. The van der Waals surface area contributed by atoms with Crippen molar-refractivity contribution in [3.63, 3.8) is 0 Å². The van der Waals surface area contributed by atoms with Crippen LogP contribution < -0.4 is 5.32 Å². The van der Waals surface area contributed by atoms with Crippen molar-refractivity contribution < 1.29 is 9.90 Å². The highest BCUT2D eigenvalue weighted by Gasteiger charge is 2.08. The van der Waals surface area contributed by atoms with E-state index >= 15 is 0 Å². The van der Waals surface area contributed by atoms with E-state index in [1.165, 1.54) is 16.7 Å². The number of aryl methyl sites for hydroxylation is 2. The van der Waals surface area contributed by atoms with Gasteiger partial charge in [0.25, 0.3) is 0 Å². The van der Waals surface area contributed by atoms with Gasteiger partial charge in [0.05, 0.1) is 6.54 Å². The van der Waals surface area contributed by atoms with E-state index in [-0.39, 0.29) is 5.69 Å². The smallest absolute Gasteiger partial charge is 0.355 e. The third kappa shape index (κ3) is 3.47. The third-order valence-corrected chi connectivity index (χ3v) is 3.29. The summed E-state index contributed by atoms with van der Waals surface area (Å²) in [4.78, 5) is 23.3. The minimum atomic E-state index is -1.01. The number of aromatic nitrogens is 3. The lowest BCUT2D eigenvalue weighted by atomic mass is 10.3. The number of nitrogens with one attached hydrogen (secondary N) is 1. The Bertz CT molecular complexity index is 597. The molecule has 100 valence electrons. The van der Waals surface area contributed by atoms with E-state index in [0.717, 1.165) is 17.9 Å². The van der Waals surface area contributed by atoms with Crippen molar-refractivity contribution in [2.75, 3.05) is 5.32 Å². The highest BCUT2D eigenvalue weighted by atomic mass is 32.1. The minimum absolute atomic E-state index is 0.0786. The SMILES string of the molecule is CCc1cc(NCc2nc(C(=O)O)cs2)nc(C)n1. The predicted molar refractivity (Wildman–Crippen MR) is 72.5 cm³/mol. The fourth-order valence-corrected chi connectivity index (χ4v) is 2.27. The van der Waals surface area contributed by atoms with Crippen LogP contribution in [0.3, 0.4) is 0 Å². The number of rotatable bonds is 5. The lowest BCUT2D eigenvalue weighted by molar-refractivity contribution is 0.0691. The van der Waals surface area contributed by atoms with Gasteiger partial charge in [-0.25, -0.2) is 19.7 Å². The zero-order valence-electron chi connectivity index (χ0n) is 10.7. The molecule has 0 aliphatic rings. The van der Waals surface area contributed by atoms with E-state index in [1.54, 1.807) is 0 Å². The first-order chi connectivity index (χ1) is 9.08. The molecule has 0 aromatic carbocycles. The quantitative estimate of drug-likeness (QED) is 0.871. The first-order valence-corrected chi connectivity index (χ1v) is 6.72. The van der Waals surface area contributed by atoms with Crippen LogP contribution in [0.2, 0.25) is 0 Å². The van der Waals surface area contributed by atoms with Crippen LogP contribution in [-0.2, 0) is 13.0 Å². The summed E-state index contributed by atoms with van der Waals surface area (Å²) >= 11 is 1.31. The van der Waals surface area contributed by atoms with E-state index in [0.29, 0.717) is 17.4 Å². The molecule has 7 heteroatoms. The lowest BCUT2D eigenvalue weighted by Crippen LogP contribution is -2.05. The number of thiazole rings is 1. The maximum Gasteiger partial charge on any atom is 0.355 e. The molecule has 0 amide bonds. The van der Waals surface area contributed by atoms with Crippen molar-refractivity contribution in [3.8, 4) is 0 Å². The summed E-state index contributed by atoms with van der Waals surface area (Å²) in [5.41, 5.74) is 1.05. The topological polar surface area (TPSA) is 88.0 Å². The van der Waals surface area contributed by atoms with E-state index in [4.69, 9.17) is 5.11 Å². The van der Waals surface area contributed by atoms with Gasteiger partial charge < -0.3 is 10.4 Å². The molecule has 0 aliphatic carbocycles. The summed E-state index contributed by atoms with van der Waals surface area (Å²) in [7, 11) is 0. The number of carbonyl (C=O) groups is 1. The number of hydrogen-bond donors (Lipinski definition) is 2. The molecule has 19 heavy (non-hydrogen) atoms. The number of hydrogen-bond acceptors (Lipinski definition) is 6. The first-order valence-electron chi connectivity index (χ1n) is 5.84. The van der Waals surface area contributed by atoms with E-state index in [2.05, 4.69) is 20.3 Å². The molecule has 2 aromatic rings. The molecule has 0 spiro atoms. The van der Waals surface area contributed by atoms with Gasteiger partial charge in [-0.1, -0.05) is 6.92 Å². The fraction of sp³-hybridized carbons (Fsp3) is 0.333. The van der Waals surface area contributed by atoms with Crippen molar-refractivity contribution in [3.05, 3.63) is 33.7 Å². The molecule has 0 bridgehead atoms. The van der Waals surface area contributed by atoms with E-state index in [9.17, 15) is 4.79 Å². The summed E-state index contributed by atoms with van der Waals surface area (Å²) in [6.07, 6.45) is 0.846. The second-order valence-corrected chi connectivity index (χ2v) is 4.87. The molecule has 0 saturated carbocycles. The van der Waals surface area contributed by atoms with Gasteiger partial charge in [-0.15, -0.1) is 11.3 Å². The highest BCUT2D eigenvalue weighted by molar-refractivity contribution is 7.09. The number of carboxylic acids is 1. The van der Waals surface area contributed by atoms with Gasteiger partial charge in [0.15, 0.2) is 5.69 Å². The van der Waals surface area contributed by atoms with Crippen LogP contribution in [0.5, 0.6) is 0 Å². The predicted octanol–water partition coefficient (Wildman–Crippen LogP) is 2.11. The number of nitrogens with zero attached hydrogens (tertiary/aromatic N) is 3. The summed E-state index contributed by atoms with van der Waals surface area (Å²) in [5.74, 6) is 0.442. The van der Waals surface area contributed by atoms with Crippen molar-refractivity contribution in [2.24, 2.45) is 0 Å². The third-order valence-electron chi connectivity index (χ3n) is 2.44. The molecule has 0 radical (unpaired) electrons. The fourth-order valence-electron chi connectivity index (χ4n) is 1.56. The van der Waals surface area contributed by atoms with Crippen LogP contribution in [0.1, 0.15) is 33.9 Å². The normalized spacial score (nSPS) is 10.4. The Kier molecular flexibility index (Phi) is 4.06. The Morgan fingerprint density at radius 2 is 2.21 bits per heavy atom. The second kappa shape index (κ2) is 5.75. The second-order valence-electron chi connectivity index (χ2n) is 3.93. The van der Waals surface area contributed by atoms with Crippen LogP contribution in [0.25, 0.3) is 0 Å². The van der Waals surface area contributed by atoms with Gasteiger partial charge in [0.2, 0.25) is 0 Å². The van der Waals surface area contributed by atoms with Crippen LogP contribution >= 0.6 is 11.3 Å². The van der Waals surface area contributed by atoms with Gasteiger partial charge in [-0.3, -0.25) is 0 Å². The minimum Gasteiger partial charge on any atom is -0.476 e. The molecule has 0 aliphatic heterocycles. The van der Waals surface area contributed by atoms with Gasteiger partial charge in [0, 0.05) is 17.1 Å². The zero-order valence-corrected chi connectivity index (χ0v) is 11.5. The number of anilines is 1. The Morgan fingerprint density at radius 1 is 1.42 bits per heavy atom. The molecule has 0 unspecified atom stereocenters. The molecule has 0 fully saturated rings. The standard InChI is InChI=1S/C12H14N4O2S/c1-3-8-4-10(15-7(2)14-8)13-5-11-16-9(6-19-11)12(17)18/h4,6H,3,5H2,1-2H3,(H,17,18)(H,13,14,15). The molecule has 6 nitrogen and oxygen atoms in total. The van der Waals surface area contributed by atoms with Crippen molar-refractivity contribution in [1.82, 2.24) is 15.0 Å². The monoisotopic (exact) mass is 278 g/mol. The van der Waals surface area contributed by atoms with Crippen molar-refractivity contribution in [2.45, 2.75) is 26.8 Å². The van der Waals surface area contributed by atoms with Crippen molar-refractivity contribution in [1.29, 1.82) is 0 Å². The summed E-state index contributed by atoms with van der Waals surface area (Å²) in [5, 5.41) is 14.2. The maximum absolute atomic E-state index is 10.7. The van der Waals surface area contributed by atoms with E-state index < -0.39 is 5.97 Å². The molecule has 0 saturated heterocycles. The summed E-state index contributed by atoms with van der Waals surface area (Å²) in [6, 6.07) is 1.89. The van der Waals surface area contributed by atoms with E-state index in [1.807, 2.05) is 19.9 Å².